The maximum absolute atomic E-state index is 9.03. The van der Waals surface area contributed by atoms with Gasteiger partial charge in [0.05, 0.1) is 40.8 Å². The van der Waals surface area contributed by atoms with E-state index in [2.05, 4.69) is 16.2 Å². The fraction of sp³-hybridized carbons (Fsp3) is 0.214. The van der Waals surface area contributed by atoms with Crippen molar-refractivity contribution < 1.29 is 0 Å². The highest BCUT2D eigenvalue weighted by Crippen LogP contribution is 2.20. The quantitative estimate of drug-likeness (QED) is 0.695. The van der Waals surface area contributed by atoms with Crippen LogP contribution in [0.1, 0.15) is 17.1 Å². The molecule has 3 aromatic rings. The SMILES string of the molecule is Cn1nccc1Cn1c(CCl)nc2ccc(C#N)cc21. The summed E-state index contributed by atoms with van der Waals surface area (Å²) < 4.78 is 3.85. The zero-order valence-corrected chi connectivity index (χ0v) is 11.7. The van der Waals surface area contributed by atoms with Crippen molar-refractivity contribution in [1.29, 1.82) is 5.26 Å². The van der Waals surface area contributed by atoms with E-state index >= 15 is 0 Å². The van der Waals surface area contributed by atoms with Crippen LogP contribution in [0.25, 0.3) is 11.0 Å². The predicted octanol–water partition coefficient (Wildman–Crippen LogP) is 2.43. The van der Waals surface area contributed by atoms with E-state index in [-0.39, 0.29) is 0 Å². The Hall–Kier alpha value is -2.32. The monoisotopic (exact) mass is 285 g/mol. The average Bonchev–Trinajstić information content (AvgIpc) is 3.03. The standard InChI is InChI=1S/C14H12ClN5/c1-19-11(4-5-17-19)9-20-13-6-10(8-16)2-3-12(13)18-14(20)7-15/h2-6H,7,9H2,1H3. The van der Waals surface area contributed by atoms with Crippen molar-refractivity contribution in [2.24, 2.45) is 7.05 Å². The van der Waals surface area contributed by atoms with Crippen LogP contribution >= 0.6 is 11.6 Å². The molecule has 0 atom stereocenters. The van der Waals surface area contributed by atoms with Crippen LogP contribution in [0.4, 0.5) is 0 Å². The molecular weight excluding hydrogens is 274 g/mol. The molecule has 0 amide bonds. The summed E-state index contributed by atoms with van der Waals surface area (Å²) in [6.45, 7) is 0.629. The number of halogens is 1. The van der Waals surface area contributed by atoms with Crippen molar-refractivity contribution in [2.45, 2.75) is 12.4 Å². The molecule has 0 saturated heterocycles. The van der Waals surface area contributed by atoms with Crippen LogP contribution in [0, 0.1) is 11.3 Å². The molecule has 1 aromatic carbocycles. The van der Waals surface area contributed by atoms with Gasteiger partial charge in [-0.2, -0.15) is 10.4 Å². The van der Waals surface area contributed by atoms with E-state index in [1.807, 2.05) is 34.5 Å². The Morgan fingerprint density at radius 1 is 1.35 bits per heavy atom. The van der Waals surface area contributed by atoms with Crippen molar-refractivity contribution >= 4 is 22.6 Å². The highest BCUT2D eigenvalue weighted by atomic mass is 35.5. The molecule has 0 aliphatic carbocycles. The summed E-state index contributed by atoms with van der Waals surface area (Å²) >= 11 is 5.99. The van der Waals surface area contributed by atoms with Gasteiger partial charge in [0.1, 0.15) is 5.82 Å². The van der Waals surface area contributed by atoms with Gasteiger partial charge >= 0.3 is 0 Å². The lowest BCUT2D eigenvalue weighted by Gasteiger charge is -2.08. The Kier molecular flexibility index (Phi) is 3.17. The van der Waals surface area contributed by atoms with E-state index < -0.39 is 0 Å². The number of hydrogen-bond donors (Lipinski definition) is 0. The van der Waals surface area contributed by atoms with E-state index in [0.29, 0.717) is 18.0 Å². The molecule has 2 aromatic heterocycles. The second-order valence-electron chi connectivity index (χ2n) is 4.51. The predicted molar refractivity (Wildman–Crippen MR) is 76.3 cm³/mol. The molecule has 0 aliphatic heterocycles. The third-order valence-electron chi connectivity index (χ3n) is 3.32. The van der Waals surface area contributed by atoms with Gasteiger partial charge in [-0.05, 0) is 24.3 Å². The Bertz CT molecular complexity index is 809. The van der Waals surface area contributed by atoms with Gasteiger partial charge in [0, 0.05) is 13.2 Å². The Morgan fingerprint density at radius 2 is 2.20 bits per heavy atom. The third kappa shape index (κ3) is 2.04. The van der Waals surface area contributed by atoms with Gasteiger partial charge < -0.3 is 4.57 Å². The summed E-state index contributed by atoms with van der Waals surface area (Å²) in [5.74, 6) is 1.12. The fourth-order valence-corrected chi connectivity index (χ4v) is 2.44. The van der Waals surface area contributed by atoms with Gasteiger partial charge in [0.2, 0.25) is 0 Å². The summed E-state index contributed by atoms with van der Waals surface area (Å²) in [5.41, 5.74) is 3.44. The molecule has 0 bridgehead atoms. The molecular formula is C14H12ClN5. The summed E-state index contributed by atoms with van der Waals surface area (Å²) in [4.78, 5) is 4.51. The average molecular weight is 286 g/mol. The molecule has 20 heavy (non-hydrogen) atoms. The second-order valence-corrected chi connectivity index (χ2v) is 4.78. The number of alkyl halides is 1. The fourth-order valence-electron chi connectivity index (χ4n) is 2.24. The first-order valence-electron chi connectivity index (χ1n) is 6.15. The number of hydrogen-bond acceptors (Lipinski definition) is 3. The van der Waals surface area contributed by atoms with Crippen LogP contribution in [0.5, 0.6) is 0 Å². The summed E-state index contributed by atoms with van der Waals surface area (Å²) in [5, 5.41) is 13.2. The van der Waals surface area contributed by atoms with Crippen molar-refractivity contribution in [2.75, 3.05) is 0 Å². The molecule has 0 fully saturated rings. The molecule has 0 spiro atoms. The second kappa shape index (κ2) is 4.99. The third-order valence-corrected chi connectivity index (χ3v) is 3.56. The van der Waals surface area contributed by atoms with E-state index in [4.69, 9.17) is 16.9 Å². The number of rotatable bonds is 3. The van der Waals surface area contributed by atoms with Crippen molar-refractivity contribution in [1.82, 2.24) is 19.3 Å². The van der Waals surface area contributed by atoms with E-state index in [1.54, 1.807) is 12.3 Å². The Balaban J connectivity index is 2.16. The van der Waals surface area contributed by atoms with Crippen LogP contribution in [0.15, 0.2) is 30.5 Å². The van der Waals surface area contributed by atoms with Gasteiger partial charge in [-0.1, -0.05) is 0 Å². The van der Waals surface area contributed by atoms with E-state index in [9.17, 15) is 0 Å². The summed E-state index contributed by atoms with van der Waals surface area (Å²) in [7, 11) is 1.90. The molecule has 6 heteroatoms. The van der Waals surface area contributed by atoms with Crippen LogP contribution in [-0.4, -0.2) is 19.3 Å². The first-order chi connectivity index (χ1) is 9.72. The minimum atomic E-state index is 0.328. The zero-order chi connectivity index (χ0) is 14.1. The van der Waals surface area contributed by atoms with E-state index in [0.717, 1.165) is 22.6 Å². The molecule has 3 rings (SSSR count). The molecule has 5 nitrogen and oxygen atoms in total. The van der Waals surface area contributed by atoms with Crippen LogP contribution in [-0.2, 0) is 19.5 Å². The number of aromatic nitrogens is 4. The molecule has 0 N–H and O–H groups in total. The lowest BCUT2D eigenvalue weighted by atomic mass is 10.2. The van der Waals surface area contributed by atoms with E-state index in [1.165, 1.54) is 0 Å². The summed E-state index contributed by atoms with van der Waals surface area (Å²) in [6.07, 6.45) is 1.76. The normalized spacial score (nSPS) is 10.8. The highest BCUT2D eigenvalue weighted by Gasteiger charge is 2.12. The van der Waals surface area contributed by atoms with Gasteiger partial charge in [-0.15, -0.1) is 11.6 Å². The van der Waals surface area contributed by atoms with Crippen molar-refractivity contribution in [3.8, 4) is 6.07 Å². The van der Waals surface area contributed by atoms with Gasteiger partial charge in [-0.25, -0.2) is 4.98 Å². The van der Waals surface area contributed by atoms with Crippen LogP contribution in [0.3, 0.4) is 0 Å². The number of imidazole rings is 1. The zero-order valence-electron chi connectivity index (χ0n) is 10.9. The number of benzene rings is 1. The maximum Gasteiger partial charge on any atom is 0.125 e. The largest absolute Gasteiger partial charge is 0.321 e. The molecule has 0 aliphatic rings. The molecule has 100 valence electrons. The van der Waals surface area contributed by atoms with Crippen molar-refractivity contribution in [3.05, 3.63) is 47.5 Å². The number of nitrogens with zero attached hydrogens (tertiary/aromatic N) is 5. The lowest BCUT2D eigenvalue weighted by molar-refractivity contribution is 0.663. The van der Waals surface area contributed by atoms with Crippen molar-refractivity contribution in [3.63, 3.8) is 0 Å². The first-order valence-corrected chi connectivity index (χ1v) is 6.68. The van der Waals surface area contributed by atoms with Crippen LogP contribution < -0.4 is 0 Å². The Labute approximate surface area is 121 Å². The topological polar surface area (TPSA) is 59.4 Å². The molecule has 0 saturated carbocycles. The molecule has 0 unspecified atom stereocenters. The molecule has 0 radical (unpaired) electrons. The summed E-state index contributed by atoms with van der Waals surface area (Å²) in [6, 6.07) is 9.57. The van der Waals surface area contributed by atoms with Gasteiger partial charge in [-0.3, -0.25) is 4.68 Å². The van der Waals surface area contributed by atoms with Crippen LogP contribution in [0.2, 0.25) is 0 Å². The number of nitriles is 1. The smallest absolute Gasteiger partial charge is 0.125 e. The maximum atomic E-state index is 9.03. The number of aryl methyl sites for hydroxylation is 1. The lowest BCUT2D eigenvalue weighted by Crippen LogP contribution is -2.08. The first kappa shape index (κ1) is 12.7. The number of fused-ring (bicyclic) bond motifs is 1. The highest BCUT2D eigenvalue weighted by molar-refractivity contribution is 6.16. The van der Waals surface area contributed by atoms with Gasteiger partial charge in [0.15, 0.2) is 0 Å². The minimum absolute atomic E-state index is 0.328. The Morgan fingerprint density at radius 3 is 2.85 bits per heavy atom. The van der Waals surface area contributed by atoms with Gasteiger partial charge in [0.25, 0.3) is 0 Å². The molecule has 2 heterocycles. The minimum Gasteiger partial charge on any atom is -0.321 e.